The summed E-state index contributed by atoms with van der Waals surface area (Å²) in [5, 5.41) is 15.2. The van der Waals surface area contributed by atoms with Gasteiger partial charge in [0.1, 0.15) is 0 Å². The smallest absolute Gasteiger partial charge is 0.318 e. The number of anilines is 1. The number of amides is 3. The van der Waals surface area contributed by atoms with Gasteiger partial charge < -0.3 is 16.0 Å². The molecule has 25 heavy (non-hydrogen) atoms. The first kappa shape index (κ1) is 16.7. The molecule has 1 aliphatic heterocycles. The van der Waals surface area contributed by atoms with Gasteiger partial charge in [-0.1, -0.05) is 12.1 Å². The second kappa shape index (κ2) is 7.18. The van der Waals surface area contributed by atoms with Crippen LogP contribution < -0.4 is 16.0 Å². The Bertz CT molecular complexity index is 877. The Kier molecular flexibility index (Phi) is 4.80. The van der Waals surface area contributed by atoms with E-state index >= 15 is 0 Å². The van der Waals surface area contributed by atoms with E-state index in [-0.39, 0.29) is 17.1 Å². The number of carbonyl (C=O) groups excluding carboxylic acids is 2. The number of aromatic nitrogens is 1. The molecule has 4 N–H and O–H groups in total. The standard InChI is InChI=1S/C17H15N5O2S/c1-19-17(24)21-13-4-2-11(3-5-13)12-6-10(8-20-9-12)7-14-15(23)22-16(18)25-14/h2-9H,1H3,(H2,18,22,23)(H2,19,21,24)/b14-7-. The van der Waals surface area contributed by atoms with E-state index in [1.165, 1.54) is 0 Å². The number of thioether (sulfide) groups is 1. The molecule has 8 heteroatoms. The van der Waals surface area contributed by atoms with Crippen molar-refractivity contribution in [3.8, 4) is 11.1 Å². The van der Waals surface area contributed by atoms with Crippen LogP contribution in [0, 0.1) is 5.41 Å². The summed E-state index contributed by atoms with van der Waals surface area (Å²) >= 11 is 1.09. The molecular formula is C17H15N5O2S. The van der Waals surface area contributed by atoms with E-state index < -0.39 is 0 Å². The first-order valence-electron chi connectivity index (χ1n) is 7.39. The van der Waals surface area contributed by atoms with Gasteiger partial charge in [-0.2, -0.15) is 0 Å². The Hall–Kier alpha value is -3.13. The number of benzene rings is 1. The van der Waals surface area contributed by atoms with Crippen molar-refractivity contribution in [2.24, 2.45) is 0 Å². The van der Waals surface area contributed by atoms with Crippen LogP contribution in [0.25, 0.3) is 17.2 Å². The summed E-state index contributed by atoms with van der Waals surface area (Å²) in [5.41, 5.74) is 3.29. The van der Waals surface area contributed by atoms with Gasteiger partial charge in [-0.15, -0.1) is 0 Å². The molecule has 0 spiro atoms. The Morgan fingerprint density at radius 2 is 2.00 bits per heavy atom. The molecule has 2 heterocycles. The summed E-state index contributed by atoms with van der Waals surface area (Å²) in [5.74, 6) is -0.273. The second-order valence-electron chi connectivity index (χ2n) is 5.18. The number of pyridine rings is 1. The molecule has 1 aromatic heterocycles. The molecule has 1 saturated heterocycles. The maximum atomic E-state index is 11.7. The maximum absolute atomic E-state index is 11.7. The van der Waals surface area contributed by atoms with Crippen molar-refractivity contribution >= 4 is 40.6 Å². The molecule has 1 aliphatic rings. The molecule has 0 unspecified atom stereocenters. The Labute approximate surface area is 148 Å². The van der Waals surface area contributed by atoms with Gasteiger partial charge in [0.2, 0.25) is 0 Å². The highest BCUT2D eigenvalue weighted by Crippen LogP contribution is 2.27. The Morgan fingerprint density at radius 3 is 2.64 bits per heavy atom. The maximum Gasteiger partial charge on any atom is 0.318 e. The number of hydrogen-bond donors (Lipinski definition) is 4. The van der Waals surface area contributed by atoms with Crippen LogP contribution in [-0.4, -0.2) is 29.1 Å². The molecule has 2 aromatic rings. The highest BCUT2D eigenvalue weighted by atomic mass is 32.2. The lowest BCUT2D eigenvalue weighted by molar-refractivity contribution is -0.115. The van der Waals surface area contributed by atoms with Crippen molar-refractivity contribution in [3.05, 3.63) is 53.2 Å². The van der Waals surface area contributed by atoms with Gasteiger partial charge in [-0.05, 0) is 47.2 Å². The summed E-state index contributed by atoms with van der Waals surface area (Å²) in [6.45, 7) is 0. The molecule has 1 fully saturated rings. The first-order chi connectivity index (χ1) is 12.0. The zero-order chi connectivity index (χ0) is 17.8. The summed E-state index contributed by atoms with van der Waals surface area (Å²) in [6.07, 6.45) is 5.10. The van der Waals surface area contributed by atoms with E-state index in [0.717, 1.165) is 28.5 Å². The first-order valence-corrected chi connectivity index (χ1v) is 8.20. The third kappa shape index (κ3) is 4.04. The summed E-state index contributed by atoms with van der Waals surface area (Å²) in [7, 11) is 1.56. The van der Waals surface area contributed by atoms with Crippen molar-refractivity contribution in [2.45, 2.75) is 0 Å². The molecule has 1 aromatic carbocycles. The fraction of sp³-hybridized carbons (Fsp3) is 0.0588. The predicted molar refractivity (Wildman–Crippen MR) is 99.2 cm³/mol. The number of nitrogens with zero attached hydrogens (tertiary/aromatic N) is 1. The minimum absolute atomic E-state index is 0.125. The number of urea groups is 1. The topological polar surface area (TPSA) is 107 Å². The van der Waals surface area contributed by atoms with E-state index in [1.54, 1.807) is 37.7 Å². The van der Waals surface area contributed by atoms with E-state index in [1.807, 2.05) is 18.2 Å². The van der Waals surface area contributed by atoms with Gasteiger partial charge in [-0.3, -0.25) is 15.2 Å². The third-order valence-electron chi connectivity index (χ3n) is 3.42. The molecule has 0 saturated carbocycles. The van der Waals surface area contributed by atoms with Crippen LogP contribution in [0.2, 0.25) is 0 Å². The van der Waals surface area contributed by atoms with E-state index in [9.17, 15) is 9.59 Å². The van der Waals surface area contributed by atoms with Crippen molar-refractivity contribution in [3.63, 3.8) is 0 Å². The fourth-order valence-electron chi connectivity index (χ4n) is 2.23. The molecule has 0 radical (unpaired) electrons. The minimum Gasteiger partial charge on any atom is -0.341 e. The average Bonchev–Trinajstić information content (AvgIpc) is 2.93. The number of nitrogens with one attached hydrogen (secondary N) is 4. The van der Waals surface area contributed by atoms with Gasteiger partial charge in [0, 0.05) is 30.7 Å². The van der Waals surface area contributed by atoms with Gasteiger partial charge >= 0.3 is 6.03 Å². The number of amidine groups is 1. The van der Waals surface area contributed by atoms with Crippen LogP contribution in [-0.2, 0) is 4.79 Å². The highest BCUT2D eigenvalue weighted by Gasteiger charge is 2.22. The lowest BCUT2D eigenvalue weighted by Gasteiger charge is -2.06. The van der Waals surface area contributed by atoms with Crippen molar-refractivity contribution in [1.82, 2.24) is 15.6 Å². The minimum atomic E-state index is -0.277. The molecule has 7 nitrogen and oxygen atoms in total. The normalized spacial score (nSPS) is 15.2. The van der Waals surface area contributed by atoms with E-state index in [0.29, 0.717) is 10.6 Å². The van der Waals surface area contributed by atoms with Gasteiger partial charge in [0.25, 0.3) is 5.91 Å². The number of rotatable bonds is 3. The van der Waals surface area contributed by atoms with Crippen LogP contribution in [0.1, 0.15) is 5.56 Å². The van der Waals surface area contributed by atoms with Crippen LogP contribution >= 0.6 is 11.8 Å². The Balaban J connectivity index is 1.82. The second-order valence-corrected chi connectivity index (χ2v) is 6.23. The van der Waals surface area contributed by atoms with Crippen molar-refractivity contribution in [2.75, 3.05) is 12.4 Å². The third-order valence-corrected chi connectivity index (χ3v) is 4.25. The highest BCUT2D eigenvalue weighted by molar-refractivity contribution is 8.18. The quantitative estimate of drug-likeness (QED) is 0.636. The van der Waals surface area contributed by atoms with Gasteiger partial charge in [0.05, 0.1) is 4.91 Å². The molecule has 0 aliphatic carbocycles. The van der Waals surface area contributed by atoms with Crippen LogP contribution in [0.5, 0.6) is 0 Å². The fourth-order valence-corrected chi connectivity index (χ4v) is 2.93. The summed E-state index contributed by atoms with van der Waals surface area (Å²) < 4.78 is 0. The van der Waals surface area contributed by atoms with E-state index in [2.05, 4.69) is 20.9 Å². The zero-order valence-electron chi connectivity index (χ0n) is 13.3. The monoisotopic (exact) mass is 353 g/mol. The van der Waals surface area contributed by atoms with Gasteiger partial charge in [-0.25, -0.2) is 4.79 Å². The summed E-state index contributed by atoms with van der Waals surface area (Å²) in [6, 6.07) is 9.00. The number of carbonyl (C=O) groups is 2. The number of hydrogen-bond acceptors (Lipinski definition) is 5. The van der Waals surface area contributed by atoms with Crippen LogP contribution in [0.15, 0.2) is 47.6 Å². The lowest BCUT2D eigenvalue weighted by Crippen LogP contribution is -2.24. The lowest BCUT2D eigenvalue weighted by atomic mass is 10.1. The molecule has 126 valence electrons. The zero-order valence-corrected chi connectivity index (χ0v) is 14.1. The van der Waals surface area contributed by atoms with Gasteiger partial charge in [0.15, 0.2) is 5.17 Å². The average molecular weight is 353 g/mol. The van der Waals surface area contributed by atoms with Crippen LogP contribution in [0.4, 0.5) is 10.5 Å². The molecule has 0 atom stereocenters. The molecule has 3 amide bonds. The Morgan fingerprint density at radius 1 is 1.24 bits per heavy atom. The SMILES string of the molecule is CNC(=O)Nc1ccc(-c2cncc(/C=C3\SC(=N)NC3=O)c2)cc1. The summed E-state index contributed by atoms with van der Waals surface area (Å²) in [4.78, 5) is 27.7. The largest absolute Gasteiger partial charge is 0.341 e. The van der Waals surface area contributed by atoms with Crippen molar-refractivity contribution < 1.29 is 9.59 Å². The molecular weight excluding hydrogens is 338 g/mol. The molecule has 0 bridgehead atoms. The van der Waals surface area contributed by atoms with E-state index in [4.69, 9.17) is 5.41 Å². The molecule has 3 rings (SSSR count). The predicted octanol–water partition coefficient (Wildman–Crippen LogP) is 2.64. The van der Waals surface area contributed by atoms with Crippen LogP contribution in [0.3, 0.4) is 0 Å². The van der Waals surface area contributed by atoms with Crippen molar-refractivity contribution in [1.29, 1.82) is 5.41 Å².